The first kappa shape index (κ1) is 15.6. The lowest BCUT2D eigenvalue weighted by Crippen LogP contribution is -2.07. The van der Waals surface area contributed by atoms with Crippen LogP contribution in [0.4, 0.5) is 0 Å². The Morgan fingerprint density at radius 1 is 1.00 bits per heavy atom. The van der Waals surface area contributed by atoms with E-state index in [9.17, 15) is 4.79 Å². The van der Waals surface area contributed by atoms with Gasteiger partial charge in [0.15, 0.2) is 0 Å². The first-order valence-corrected chi connectivity index (χ1v) is 7.93. The second-order valence-corrected chi connectivity index (χ2v) is 5.42. The topological polar surface area (TPSA) is 26.3 Å². The molecule has 0 bridgehead atoms. The van der Waals surface area contributed by atoms with Crippen LogP contribution in [0.15, 0.2) is 42.5 Å². The number of ether oxygens (including phenoxy) is 1. The SMILES string of the molecule is CCCCCCC(=O)OCCc1cccc2ccccc12. The second kappa shape index (κ2) is 8.46. The average molecular weight is 284 g/mol. The van der Waals surface area contributed by atoms with E-state index in [-0.39, 0.29) is 5.97 Å². The van der Waals surface area contributed by atoms with Crippen LogP contribution >= 0.6 is 0 Å². The lowest BCUT2D eigenvalue weighted by atomic mass is 10.0. The van der Waals surface area contributed by atoms with Crippen molar-refractivity contribution in [2.45, 2.75) is 45.4 Å². The minimum Gasteiger partial charge on any atom is -0.465 e. The summed E-state index contributed by atoms with van der Waals surface area (Å²) in [4.78, 5) is 11.6. The van der Waals surface area contributed by atoms with Crippen LogP contribution in [0.5, 0.6) is 0 Å². The van der Waals surface area contributed by atoms with E-state index in [0.717, 1.165) is 19.3 Å². The molecule has 0 aliphatic carbocycles. The fourth-order valence-electron chi connectivity index (χ4n) is 2.55. The summed E-state index contributed by atoms with van der Waals surface area (Å²) in [5.74, 6) is -0.0636. The maximum Gasteiger partial charge on any atom is 0.305 e. The molecule has 0 aliphatic heterocycles. The van der Waals surface area contributed by atoms with E-state index in [1.165, 1.54) is 29.2 Å². The van der Waals surface area contributed by atoms with Crippen molar-refractivity contribution in [3.05, 3.63) is 48.0 Å². The van der Waals surface area contributed by atoms with Crippen molar-refractivity contribution in [1.29, 1.82) is 0 Å². The molecule has 0 atom stereocenters. The second-order valence-electron chi connectivity index (χ2n) is 5.42. The highest BCUT2D eigenvalue weighted by atomic mass is 16.5. The van der Waals surface area contributed by atoms with Crippen molar-refractivity contribution >= 4 is 16.7 Å². The van der Waals surface area contributed by atoms with Gasteiger partial charge in [-0.2, -0.15) is 0 Å². The van der Waals surface area contributed by atoms with Crippen LogP contribution in [0, 0.1) is 0 Å². The molecule has 0 aromatic heterocycles. The molecule has 0 saturated heterocycles. The summed E-state index contributed by atoms with van der Waals surface area (Å²) in [5, 5.41) is 2.49. The van der Waals surface area contributed by atoms with Gasteiger partial charge in [-0.05, 0) is 22.8 Å². The first-order valence-electron chi connectivity index (χ1n) is 7.93. The number of carbonyl (C=O) groups is 1. The minimum atomic E-state index is -0.0636. The van der Waals surface area contributed by atoms with E-state index in [1.54, 1.807) is 0 Å². The summed E-state index contributed by atoms with van der Waals surface area (Å²) in [6.45, 7) is 2.64. The van der Waals surface area contributed by atoms with E-state index in [4.69, 9.17) is 4.74 Å². The number of carbonyl (C=O) groups excluding carboxylic acids is 1. The Kier molecular flexibility index (Phi) is 6.26. The molecule has 2 rings (SSSR count). The lowest BCUT2D eigenvalue weighted by Gasteiger charge is -2.08. The summed E-state index contributed by atoms with van der Waals surface area (Å²) in [5.41, 5.74) is 1.24. The predicted molar refractivity (Wildman–Crippen MR) is 87.4 cm³/mol. The molecule has 0 saturated carbocycles. The Bertz CT molecular complexity index is 569. The van der Waals surface area contributed by atoms with Crippen molar-refractivity contribution in [1.82, 2.24) is 0 Å². The van der Waals surface area contributed by atoms with Gasteiger partial charge in [0.2, 0.25) is 0 Å². The van der Waals surface area contributed by atoms with Gasteiger partial charge in [-0.25, -0.2) is 0 Å². The van der Waals surface area contributed by atoms with Gasteiger partial charge in [-0.15, -0.1) is 0 Å². The summed E-state index contributed by atoms with van der Waals surface area (Å²) in [6, 6.07) is 14.6. The molecule has 112 valence electrons. The molecule has 2 nitrogen and oxygen atoms in total. The minimum absolute atomic E-state index is 0.0636. The third-order valence-corrected chi connectivity index (χ3v) is 3.75. The van der Waals surface area contributed by atoms with Crippen LogP contribution in [0.25, 0.3) is 10.8 Å². The van der Waals surface area contributed by atoms with Gasteiger partial charge >= 0.3 is 5.97 Å². The van der Waals surface area contributed by atoms with E-state index < -0.39 is 0 Å². The van der Waals surface area contributed by atoms with Crippen LogP contribution in [0.3, 0.4) is 0 Å². The van der Waals surface area contributed by atoms with Crippen LogP contribution in [-0.4, -0.2) is 12.6 Å². The molecule has 0 aliphatic rings. The van der Waals surface area contributed by atoms with Gasteiger partial charge in [0, 0.05) is 12.8 Å². The molecule has 2 heteroatoms. The third-order valence-electron chi connectivity index (χ3n) is 3.75. The number of rotatable bonds is 8. The highest BCUT2D eigenvalue weighted by Gasteiger charge is 2.04. The van der Waals surface area contributed by atoms with Crippen LogP contribution < -0.4 is 0 Å². The maximum absolute atomic E-state index is 11.6. The van der Waals surface area contributed by atoms with Gasteiger partial charge in [0.25, 0.3) is 0 Å². The molecule has 0 fully saturated rings. The Morgan fingerprint density at radius 2 is 1.81 bits per heavy atom. The fourth-order valence-corrected chi connectivity index (χ4v) is 2.55. The quantitative estimate of drug-likeness (QED) is 0.509. The Balaban J connectivity index is 1.78. The maximum atomic E-state index is 11.6. The highest BCUT2D eigenvalue weighted by molar-refractivity contribution is 5.85. The molecule has 2 aromatic carbocycles. The van der Waals surface area contributed by atoms with E-state index in [1.807, 2.05) is 12.1 Å². The molecule has 0 spiro atoms. The Hall–Kier alpha value is -1.83. The zero-order valence-electron chi connectivity index (χ0n) is 12.8. The van der Waals surface area contributed by atoms with Crippen molar-refractivity contribution in [2.24, 2.45) is 0 Å². The molecule has 0 radical (unpaired) electrons. The van der Waals surface area contributed by atoms with Gasteiger partial charge in [0.05, 0.1) is 6.61 Å². The fraction of sp³-hybridized carbons (Fsp3) is 0.421. The summed E-state index contributed by atoms with van der Waals surface area (Å²) in [7, 11) is 0. The predicted octanol–water partition coefficient (Wildman–Crippen LogP) is 4.90. The van der Waals surface area contributed by atoms with Crippen molar-refractivity contribution in [3.8, 4) is 0 Å². The van der Waals surface area contributed by atoms with Crippen molar-refractivity contribution < 1.29 is 9.53 Å². The molecular weight excluding hydrogens is 260 g/mol. The molecule has 0 unspecified atom stereocenters. The van der Waals surface area contributed by atoms with Crippen LogP contribution in [0.1, 0.15) is 44.6 Å². The Labute approximate surface area is 127 Å². The number of unbranched alkanes of at least 4 members (excludes halogenated alkanes) is 3. The number of hydrogen-bond acceptors (Lipinski definition) is 2. The largest absolute Gasteiger partial charge is 0.465 e. The normalized spacial score (nSPS) is 10.7. The molecule has 2 aromatic rings. The number of benzene rings is 2. The molecule has 21 heavy (non-hydrogen) atoms. The summed E-state index contributed by atoms with van der Waals surface area (Å²) in [6.07, 6.45) is 5.78. The van der Waals surface area contributed by atoms with Crippen LogP contribution in [-0.2, 0) is 16.0 Å². The standard InChI is InChI=1S/C19H24O2/c1-2-3-4-5-13-19(20)21-15-14-17-11-8-10-16-9-6-7-12-18(16)17/h6-12H,2-5,13-15H2,1H3. The Morgan fingerprint density at radius 3 is 2.67 bits per heavy atom. The molecule has 0 N–H and O–H groups in total. The monoisotopic (exact) mass is 284 g/mol. The van der Waals surface area contributed by atoms with Crippen molar-refractivity contribution in [3.63, 3.8) is 0 Å². The smallest absolute Gasteiger partial charge is 0.305 e. The summed E-state index contributed by atoms with van der Waals surface area (Å²) >= 11 is 0. The van der Waals surface area contributed by atoms with Gasteiger partial charge < -0.3 is 4.74 Å². The van der Waals surface area contributed by atoms with E-state index >= 15 is 0 Å². The lowest BCUT2D eigenvalue weighted by molar-refractivity contribution is -0.143. The van der Waals surface area contributed by atoms with Gasteiger partial charge in [0.1, 0.15) is 0 Å². The van der Waals surface area contributed by atoms with Gasteiger partial charge in [-0.3, -0.25) is 4.79 Å². The molecule has 0 amide bonds. The average Bonchev–Trinajstić information content (AvgIpc) is 2.52. The van der Waals surface area contributed by atoms with Crippen LogP contribution in [0.2, 0.25) is 0 Å². The van der Waals surface area contributed by atoms with E-state index in [0.29, 0.717) is 13.0 Å². The van der Waals surface area contributed by atoms with E-state index in [2.05, 4.69) is 37.3 Å². The number of hydrogen-bond donors (Lipinski definition) is 0. The zero-order chi connectivity index (χ0) is 14.9. The van der Waals surface area contributed by atoms with Crippen molar-refractivity contribution in [2.75, 3.05) is 6.61 Å². The third kappa shape index (κ3) is 4.89. The first-order chi connectivity index (χ1) is 10.3. The zero-order valence-corrected chi connectivity index (χ0v) is 12.8. The summed E-state index contributed by atoms with van der Waals surface area (Å²) < 4.78 is 5.34. The molecule has 0 heterocycles. The molecular formula is C19H24O2. The number of fused-ring (bicyclic) bond motifs is 1. The number of esters is 1. The highest BCUT2D eigenvalue weighted by Crippen LogP contribution is 2.18. The van der Waals surface area contributed by atoms with Gasteiger partial charge in [-0.1, -0.05) is 68.7 Å².